The molecule has 18 heavy (non-hydrogen) atoms. The molecule has 2 aromatic rings. The highest BCUT2D eigenvalue weighted by Gasteiger charge is 2.05. The molecule has 2 rings (SSSR count). The lowest BCUT2D eigenvalue weighted by atomic mass is 10.0. The van der Waals surface area contributed by atoms with Crippen LogP contribution in [0.5, 0.6) is 0 Å². The Hall–Kier alpha value is -1.90. The highest BCUT2D eigenvalue weighted by Crippen LogP contribution is 2.24. The zero-order valence-electron chi connectivity index (χ0n) is 10.7. The molecule has 2 nitrogen and oxygen atoms in total. The van der Waals surface area contributed by atoms with Crippen molar-refractivity contribution in [3.8, 4) is 11.3 Å². The highest BCUT2D eigenvalue weighted by molar-refractivity contribution is 5.67. The van der Waals surface area contributed by atoms with Crippen LogP contribution in [0.15, 0.2) is 36.5 Å². The van der Waals surface area contributed by atoms with Crippen LogP contribution in [-0.2, 0) is 0 Å². The Morgan fingerprint density at radius 3 is 2.83 bits per heavy atom. The van der Waals surface area contributed by atoms with Crippen molar-refractivity contribution >= 4 is 5.69 Å². The zero-order chi connectivity index (χ0) is 13.0. The fourth-order valence-electron chi connectivity index (χ4n) is 1.83. The van der Waals surface area contributed by atoms with E-state index in [9.17, 15) is 4.39 Å². The van der Waals surface area contributed by atoms with Gasteiger partial charge in [-0.15, -0.1) is 0 Å². The average molecular weight is 244 g/mol. The molecule has 0 radical (unpaired) electrons. The maximum Gasteiger partial charge on any atom is 0.123 e. The van der Waals surface area contributed by atoms with Gasteiger partial charge in [-0.05, 0) is 43.2 Å². The molecule has 0 spiro atoms. The Bertz CT molecular complexity index is 538. The third-order valence-electron chi connectivity index (χ3n) is 2.81. The number of hydrogen-bond acceptors (Lipinski definition) is 2. The van der Waals surface area contributed by atoms with Crippen molar-refractivity contribution in [1.82, 2.24) is 4.98 Å². The minimum absolute atomic E-state index is 0.232. The summed E-state index contributed by atoms with van der Waals surface area (Å²) in [6, 6.07) is 8.66. The van der Waals surface area contributed by atoms with Crippen LogP contribution in [0.3, 0.4) is 0 Å². The van der Waals surface area contributed by atoms with E-state index in [1.165, 1.54) is 12.1 Å². The number of aryl methyl sites for hydroxylation is 1. The number of hydrogen-bond donors (Lipinski definition) is 1. The number of nitrogens with zero attached hydrogens (tertiary/aromatic N) is 1. The van der Waals surface area contributed by atoms with Crippen LogP contribution in [0.25, 0.3) is 11.3 Å². The van der Waals surface area contributed by atoms with E-state index in [1.54, 1.807) is 12.3 Å². The third-order valence-corrected chi connectivity index (χ3v) is 2.81. The van der Waals surface area contributed by atoms with Gasteiger partial charge in [0.1, 0.15) is 5.82 Å². The molecule has 0 amide bonds. The molecular weight excluding hydrogens is 227 g/mol. The van der Waals surface area contributed by atoms with Crippen LogP contribution in [0.4, 0.5) is 10.1 Å². The molecule has 3 heteroatoms. The summed E-state index contributed by atoms with van der Waals surface area (Å²) in [4.78, 5) is 4.31. The van der Waals surface area contributed by atoms with Crippen LogP contribution in [0.2, 0.25) is 0 Å². The van der Waals surface area contributed by atoms with Gasteiger partial charge >= 0.3 is 0 Å². The molecular formula is C15H17FN2. The molecule has 0 fully saturated rings. The minimum atomic E-state index is -0.232. The summed E-state index contributed by atoms with van der Waals surface area (Å²) in [6.07, 6.45) is 2.81. The molecule has 0 saturated carbocycles. The van der Waals surface area contributed by atoms with Crippen molar-refractivity contribution in [3.63, 3.8) is 0 Å². The molecule has 1 aromatic heterocycles. The molecule has 0 aliphatic heterocycles. The third kappa shape index (κ3) is 2.86. The second-order valence-electron chi connectivity index (χ2n) is 4.32. The second-order valence-corrected chi connectivity index (χ2v) is 4.32. The van der Waals surface area contributed by atoms with Gasteiger partial charge in [0.2, 0.25) is 0 Å². The van der Waals surface area contributed by atoms with E-state index in [2.05, 4.69) is 17.2 Å². The van der Waals surface area contributed by atoms with E-state index in [1.807, 2.05) is 19.1 Å². The topological polar surface area (TPSA) is 24.9 Å². The normalized spacial score (nSPS) is 10.4. The predicted molar refractivity (Wildman–Crippen MR) is 73.1 cm³/mol. The molecule has 0 aliphatic rings. The van der Waals surface area contributed by atoms with E-state index >= 15 is 0 Å². The van der Waals surface area contributed by atoms with E-state index in [0.29, 0.717) is 0 Å². The van der Waals surface area contributed by atoms with Crippen LogP contribution >= 0.6 is 0 Å². The Balaban J connectivity index is 2.35. The van der Waals surface area contributed by atoms with Crippen LogP contribution in [0.1, 0.15) is 18.9 Å². The van der Waals surface area contributed by atoms with Crippen molar-refractivity contribution in [2.75, 3.05) is 11.9 Å². The summed E-state index contributed by atoms with van der Waals surface area (Å²) in [6.45, 7) is 5.00. The SMILES string of the molecule is CCCNc1ccnc(-c2cc(F)ccc2C)c1. The number of benzene rings is 1. The van der Waals surface area contributed by atoms with E-state index in [0.717, 1.165) is 35.5 Å². The van der Waals surface area contributed by atoms with E-state index < -0.39 is 0 Å². The highest BCUT2D eigenvalue weighted by atomic mass is 19.1. The summed E-state index contributed by atoms with van der Waals surface area (Å²) in [5.41, 5.74) is 3.69. The van der Waals surface area contributed by atoms with Gasteiger partial charge in [0, 0.05) is 24.0 Å². The molecule has 0 saturated heterocycles. The molecule has 1 N–H and O–H groups in total. The lowest BCUT2D eigenvalue weighted by Crippen LogP contribution is -2.00. The number of aromatic nitrogens is 1. The van der Waals surface area contributed by atoms with Gasteiger partial charge in [-0.25, -0.2) is 4.39 Å². The van der Waals surface area contributed by atoms with Gasteiger partial charge in [0.05, 0.1) is 5.69 Å². The average Bonchev–Trinajstić information content (AvgIpc) is 2.39. The first kappa shape index (κ1) is 12.6. The number of nitrogens with one attached hydrogen (secondary N) is 1. The van der Waals surface area contributed by atoms with Crippen molar-refractivity contribution < 1.29 is 4.39 Å². The van der Waals surface area contributed by atoms with E-state index in [-0.39, 0.29) is 5.82 Å². The summed E-state index contributed by atoms with van der Waals surface area (Å²) in [7, 11) is 0. The molecule has 1 heterocycles. The largest absolute Gasteiger partial charge is 0.385 e. The summed E-state index contributed by atoms with van der Waals surface area (Å²) >= 11 is 0. The Kier molecular flexibility index (Phi) is 3.92. The first-order valence-electron chi connectivity index (χ1n) is 6.17. The minimum Gasteiger partial charge on any atom is -0.385 e. The van der Waals surface area contributed by atoms with Crippen LogP contribution < -0.4 is 5.32 Å². The monoisotopic (exact) mass is 244 g/mol. The van der Waals surface area contributed by atoms with Gasteiger partial charge in [-0.3, -0.25) is 4.98 Å². The van der Waals surface area contributed by atoms with Gasteiger partial charge in [0.25, 0.3) is 0 Å². The first-order valence-corrected chi connectivity index (χ1v) is 6.17. The van der Waals surface area contributed by atoms with Crippen molar-refractivity contribution in [1.29, 1.82) is 0 Å². The summed E-state index contributed by atoms with van der Waals surface area (Å²) in [5.74, 6) is -0.232. The molecule has 0 atom stereocenters. The quantitative estimate of drug-likeness (QED) is 0.878. The molecule has 0 aliphatic carbocycles. The lowest BCUT2D eigenvalue weighted by molar-refractivity contribution is 0.628. The molecule has 94 valence electrons. The lowest BCUT2D eigenvalue weighted by Gasteiger charge is -2.09. The van der Waals surface area contributed by atoms with Crippen LogP contribution in [0, 0.1) is 12.7 Å². The maximum absolute atomic E-state index is 13.3. The molecule has 1 aromatic carbocycles. The number of halogens is 1. The van der Waals surface area contributed by atoms with Gasteiger partial charge in [-0.2, -0.15) is 0 Å². The van der Waals surface area contributed by atoms with Crippen LogP contribution in [-0.4, -0.2) is 11.5 Å². The number of anilines is 1. The number of pyridine rings is 1. The fourth-order valence-corrected chi connectivity index (χ4v) is 1.83. The standard InChI is InChI=1S/C15H17FN2/c1-3-7-17-13-6-8-18-15(10-13)14-9-12(16)5-4-11(14)2/h4-6,8-10H,3,7H2,1-2H3,(H,17,18). The van der Waals surface area contributed by atoms with Gasteiger partial charge in [0.15, 0.2) is 0 Å². The van der Waals surface area contributed by atoms with Crippen molar-refractivity contribution in [2.45, 2.75) is 20.3 Å². The maximum atomic E-state index is 13.3. The van der Waals surface area contributed by atoms with Gasteiger partial charge < -0.3 is 5.32 Å². The van der Waals surface area contributed by atoms with Crippen molar-refractivity contribution in [3.05, 3.63) is 47.9 Å². The van der Waals surface area contributed by atoms with Crippen molar-refractivity contribution in [2.24, 2.45) is 0 Å². The fraction of sp³-hybridized carbons (Fsp3) is 0.267. The Labute approximate surface area is 107 Å². The molecule has 0 bridgehead atoms. The number of rotatable bonds is 4. The van der Waals surface area contributed by atoms with E-state index in [4.69, 9.17) is 0 Å². The first-order chi connectivity index (χ1) is 8.70. The Morgan fingerprint density at radius 2 is 2.06 bits per heavy atom. The van der Waals surface area contributed by atoms with Gasteiger partial charge in [-0.1, -0.05) is 13.0 Å². The Morgan fingerprint density at radius 1 is 1.22 bits per heavy atom. The zero-order valence-corrected chi connectivity index (χ0v) is 10.7. The second kappa shape index (κ2) is 5.63. The molecule has 0 unspecified atom stereocenters. The summed E-state index contributed by atoms with van der Waals surface area (Å²) in [5, 5.41) is 3.30. The predicted octanol–water partition coefficient (Wildman–Crippen LogP) is 4.02. The summed E-state index contributed by atoms with van der Waals surface area (Å²) < 4.78 is 13.3. The smallest absolute Gasteiger partial charge is 0.123 e.